The summed E-state index contributed by atoms with van der Waals surface area (Å²) >= 11 is 0. The molecule has 0 aromatic heterocycles. The maximum atomic E-state index is 4.60. The molecule has 4 nitrogen and oxygen atoms in total. The Hall–Kier alpha value is -0.770. The fraction of sp³-hybridized carbons (Fsp3) is 0.923. The number of guanidine groups is 1. The molecular formula is C13H28N4. The van der Waals surface area contributed by atoms with Gasteiger partial charge >= 0.3 is 0 Å². The van der Waals surface area contributed by atoms with E-state index in [1.807, 2.05) is 0 Å². The van der Waals surface area contributed by atoms with Crippen LogP contribution in [0, 0.1) is 0 Å². The van der Waals surface area contributed by atoms with Crippen LogP contribution in [0.15, 0.2) is 4.99 Å². The highest BCUT2D eigenvalue weighted by molar-refractivity contribution is 5.79. The molecule has 0 aliphatic heterocycles. The lowest BCUT2D eigenvalue weighted by atomic mass is 10.4. The maximum absolute atomic E-state index is 4.60. The lowest BCUT2D eigenvalue weighted by molar-refractivity contribution is 0.286. The Balaban J connectivity index is 2.30. The van der Waals surface area contributed by atoms with E-state index in [0.717, 1.165) is 38.2 Å². The predicted molar refractivity (Wildman–Crippen MR) is 74.5 cm³/mol. The van der Waals surface area contributed by atoms with Crippen LogP contribution >= 0.6 is 0 Å². The number of aliphatic imine (C=N–C) groups is 1. The molecule has 0 heterocycles. The van der Waals surface area contributed by atoms with Gasteiger partial charge in [0.1, 0.15) is 0 Å². The monoisotopic (exact) mass is 240 g/mol. The largest absolute Gasteiger partial charge is 0.357 e. The summed E-state index contributed by atoms with van der Waals surface area (Å²) in [5.74, 6) is 0.939. The summed E-state index contributed by atoms with van der Waals surface area (Å²) in [5, 5.41) is 6.61. The Morgan fingerprint density at radius 3 is 2.53 bits per heavy atom. The third-order valence-electron chi connectivity index (χ3n) is 2.90. The van der Waals surface area contributed by atoms with Gasteiger partial charge in [0.05, 0.1) is 6.54 Å². The Bertz CT molecular complexity index is 234. The molecule has 0 spiro atoms. The summed E-state index contributed by atoms with van der Waals surface area (Å²) in [5.41, 5.74) is 0. The van der Waals surface area contributed by atoms with Crippen molar-refractivity contribution in [3.8, 4) is 0 Å². The summed E-state index contributed by atoms with van der Waals surface area (Å²) in [6.07, 6.45) is 2.75. The normalized spacial score (nSPS) is 16.7. The van der Waals surface area contributed by atoms with Crippen LogP contribution in [0.1, 0.15) is 40.5 Å². The molecule has 0 aromatic rings. The highest BCUT2D eigenvalue weighted by Gasteiger charge is 2.27. The van der Waals surface area contributed by atoms with Crippen LogP contribution < -0.4 is 10.6 Å². The molecule has 2 N–H and O–H groups in total. The van der Waals surface area contributed by atoms with E-state index in [9.17, 15) is 0 Å². The lowest BCUT2D eigenvalue weighted by Crippen LogP contribution is -2.41. The van der Waals surface area contributed by atoms with E-state index in [0.29, 0.717) is 6.04 Å². The molecule has 0 amide bonds. The summed E-state index contributed by atoms with van der Waals surface area (Å²) in [6, 6.07) is 1.27. The molecular weight excluding hydrogens is 212 g/mol. The third-order valence-corrected chi connectivity index (χ3v) is 2.90. The lowest BCUT2D eigenvalue weighted by Gasteiger charge is -2.19. The second-order valence-electron chi connectivity index (χ2n) is 4.92. The number of hydrogen-bond acceptors (Lipinski definition) is 2. The van der Waals surface area contributed by atoms with Crippen molar-refractivity contribution in [3.05, 3.63) is 0 Å². The summed E-state index contributed by atoms with van der Waals surface area (Å²) in [6.45, 7) is 12.6. The molecule has 4 heteroatoms. The molecule has 1 aliphatic carbocycles. The maximum Gasteiger partial charge on any atom is 0.191 e. The molecule has 0 atom stereocenters. The second-order valence-corrected chi connectivity index (χ2v) is 4.92. The molecule has 0 radical (unpaired) electrons. The fourth-order valence-corrected chi connectivity index (χ4v) is 1.92. The molecule has 0 aromatic carbocycles. The van der Waals surface area contributed by atoms with Crippen molar-refractivity contribution in [3.63, 3.8) is 0 Å². The zero-order valence-corrected chi connectivity index (χ0v) is 11.8. The molecule has 1 aliphatic rings. The molecule has 1 fully saturated rings. The summed E-state index contributed by atoms with van der Waals surface area (Å²) in [7, 11) is 0. The zero-order valence-electron chi connectivity index (χ0n) is 11.8. The first kappa shape index (κ1) is 14.3. The van der Waals surface area contributed by atoms with Crippen molar-refractivity contribution in [1.29, 1.82) is 0 Å². The Morgan fingerprint density at radius 2 is 2.06 bits per heavy atom. The average molecular weight is 240 g/mol. The van der Waals surface area contributed by atoms with Gasteiger partial charge in [-0.05, 0) is 40.2 Å². The van der Waals surface area contributed by atoms with Gasteiger partial charge in [0.25, 0.3) is 0 Å². The van der Waals surface area contributed by atoms with E-state index in [4.69, 9.17) is 0 Å². The van der Waals surface area contributed by atoms with Gasteiger partial charge < -0.3 is 10.6 Å². The third kappa shape index (κ3) is 5.91. The Labute approximate surface area is 106 Å². The fourth-order valence-electron chi connectivity index (χ4n) is 1.92. The molecule has 100 valence electrons. The Morgan fingerprint density at radius 1 is 1.35 bits per heavy atom. The van der Waals surface area contributed by atoms with Crippen molar-refractivity contribution >= 4 is 5.96 Å². The van der Waals surface area contributed by atoms with Gasteiger partial charge in [0, 0.05) is 25.2 Å². The first-order valence-corrected chi connectivity index (χ1v) is 6.96. The molecule has 0 saturated heterocycles. The smallest absolute Gasteiger partial charge is 0.191 e. The van der Waals surface area contributed by atoms with Crippen LogP contribution in [0.3, 0.4) is 0 Å². The van der Waals surface area contributed by atoms with Crippen LogP contribution in [-0.2, 0) is 0 Å². The van der Waals surface area contributed by atoms with Crippen molar-refractivity contribution in [2.45, 2.75) is 52.6 Å². The predicted octanol–water partition coefficient (Wildman–Crippen LogP) is 1.43. The quantitative estimate of drug-likeness (QED) is 0.522. The topological polar surface area (TPSA) is 39.7 Å². The number of rotatable bonds is 7. The van der Waals surface area contributed by atoms with Gasteiger partial charge in [0.15, 0.2) is 5.96 Å². The Kier molecular flexibility index (Phi) is 6.34. The second kappa shape index (κ2) is 7.54. The number of nitrogens with one attached hydrogen (secondary N) is 2. The minimum Gasteiger partial charge on any atom is -0.357 e. The van der Waals surface area contributed by atoms with Crippen LogP contribution in [0.2, 0.25) is 0 Å². The molecule has 0 bridgehead atoms. The molecule has 1 saturated carbocycles. The van der Waals surface area contributed by atoms with E-state index in [1.54, 1.807) is 0 Å². The number of nitrogens with zero attached hydrogens (tertiary/aromatic N) is 2. The SMILES string of the molecule is CCNC(=NCCN(CC)C1CC1)NC(C)C. The summed E-state index contributed by atoms with van der Waals surface area (Å²) in [4.78, 5) is 7.13. The van der Waals surface area contributed by atoms with E-state index in [1.165, 1.54) is 12.8 Å². The van der Waals surface area contributed by atoms with Crippen molar-refractivity contribution in [2.75, 3.05) is 26.2 Å². The van der Waals surface area contributed by atoms with Crippen LogP contribution in [0.4, 0.5) is 0 Å². The van der Waals surface area contributed by atoms with Crippen molar-refractivity contribution < 1.29 is 0 Å². The minimum absolute atomic E-state index is 0.429. The average Bonchev–Trinajstić information content (AvgIpc) is 3.07. The van der Waals surface area contributed by atoms with E-state index >= 15 is 0 Å². The molecule has 1 rings (SSSR count). The van der Waals surface area contributed by atoms with Gasteiger partial charge in [-0.25, -0.2) is 0 Å². The summed E-state index contributed by atoms with van der Waals surface area (Å²) < 4.78 is 0. The van der Waals surface area contributed by atoms with E-state index in [-0.39, 0.29) is 0 Å². The zero-order chi connectivity index (χ0) is 12.7. The highest BCUT2D eigenvalue weighted by atomic mass is 15.2. The molecule has 17 heavy (non-hydrogen) atoms. The van der Waals surface area contributed by atoms with Gasteiger partial charge in [0.2, 0.25) is 0 Å². The molecule has 0 unspecified atom stereocenters. The first-order chi connectivity index (χ1) is 8.17. The number of likely N-dealkylation sites (N-methyl/N-ethyl adjacent to an activating group) is 1. The van der Waals surface area contributed by atoms with E-state index < -0.39 is 0 Å². The van der Waals surface area contributed by atoms with Gasteiger partial charge in [-0.3, -0.25) is 9.89 Å². The standard InChI is InChI=1S/C13H28N4/c1-5-14-13(16-11(3)4)15-9-10-17(6-2)12-7-8-12/h11-12H,5-10H2,1-4H3,(H2,14,15,16). The van der Waals surface area contributed by atoms with Gasteiger partial charge in [-0.1, -0.05) is 6.92 Å². The van der Waals surface area contributed by atoms with Crippen LogP contribution in [0.5, 0.6) is 0 Å². The first-order valence-electron chi connectivity index (χ1n) is 6.96. The van der Waals surface area contributed by atoms with E-state index in [2.05, 4.69) is 48.2 Å². The van der Waals surface area contributed by atoms with Crippen LogP contribution in [0.25, 0.3) is 0 Å². The van der Waals surface area contributed by atoms with Crippen molar-refractivity contribution in [1.82, 2.24) is 15.5 Å². The number of hydrogen-bond donors (Lipinski definition) is 2. The van der Waals surface area contributed by atoms with Crippen molar-refractivity contribution in [2.24, 2.45) is 4.99 Å². The minimum atomic E-state index is 0.429. The van der Waals surface area contributed by atoms with Crippen LogP contribution in [-0.4, -0.2) is 49.1 Å². The van der Waals surface area contributed by atoms with Gasteiger partial charge in [-0.2, -0.15) is 0 Å². The van der Waals surface area contributed by atoms with Gasteiger partial charge in [-0.15, -0.1) is 0 Å². The highest BCUT2D eigenvalue weighted by Crippen LogP contribution is 2.25.